The fourth-order valence-corrected chi connectivity index (χ4v) is 1.04. The van der Waals surface area contributed by atoms with Crippen LogP contribution in [0.15, 0.2) is 12.4 Å². The number of nitrogens with zero attached hydrogens (tertiary/aromatic N) is 2. The number of carbonyl (C=O) groups excluding carboxylic acids is 1. The number of carbonyl (C=O) groups is 1. The molecule has 84 valence electrons. The smallest absolute Gasteiger partial charge is 0.274 e. The summed E-state index contributed by atoms with van der Waals surface area (Å²) in [7, 11) is 0. The van der Waals surface area contributed by atoms with Crippen molar-refractivity contribution in [1.29, 1.82) is 0 Å². The van der Waals surface area contributed by atoms with E-state index in [1.54, 1.807) is 24.0 Å². The Kier molecular flexibility index (Phi) is 3.68. The molecule has 1 heterocycles. The minimum atomic E-state index is -0.625. The van der Waals surface area contributed by atoms with E-state index in [9.17, 15) is 4.79 Å². The van der Waals surface area contributed by atoms with Crippen molar-refractivity contribution in [2.75, 3.05) is 0 Å². The molecule has 0 aliphatic heterocycles. The second-order valence-electron chi connectivity index (χ2n) is 3.52. The topological polar surface area (TPSA) is 82.2 Å². The van der Waals surface area contributed by atoms with Crippen molar-refractivity contribution >= 4 is 5.91 Å². The van der Waals surface area contributed by atoms with Gasteiger partial charge in [0.25, 0.3) is 5.91 Å². The van der Waals surface area contributed by atoms with E-state index in [4.69, 9.17) is 10.6 Å². The van der Waals surface area contributed by atoms with Crippen LogP contribution in [-0.2, 0) is 4.79 Å². The molecule has 0 aliphatic rings. The van der Waals surface area contributed by atoms with Gasteiger partial charge in [-0.2, -0.15) is 5.10 Å². The lowest BCUT2D eigenvalue weighted by Crippen LogP contribution is -2.40. The van der Waals surface area contributed by atoms with Gasteiger partial charge in [0, 0.05) is 6.04 Å². The van der Waals surface area contributed by atoms with Crippen molar-refractivity contribution in [3.05, 3.63) is 12.4 Å². The average molecular weight is 212 g/mol. The molecule has 6 nitrogen and oxygen atoms in total. The van der Waals surface area contributed by atoms with E-state index >= 15 is 0 Å². The van der Waals surface area contributed by atoms with E-state index in [1.165, 1.54) is 0 Å². The van der Waals surface area contributed by atoms with Gasteiger partial charge in [-0.1, -0.05) is 0 Å². The molecule has 1 atom stereocenters. The van der Waals surface area contributed by atoms with Crippen LogP contribution in [0.25, 0.3) is 0 Å². The Hall–Kier alpha value is -1.56. The van der Waals surface area contributed by atoms with Gasteiger partial charge < -0.3 is 4.74 Å². The zero-order valence-corrected chi connectivity index (χ0v) is 9.10. The van der Waals surface area contributed by atoms with Gasteiger partial charge in [0.15, 0.2) is 11.9 Å². The first-order valence-corrected chi connectivity index (χ1v) is 4.76. The summed E-state index contributed by atoms with van der Waals surface area (Å²) in [4.78, 5) is 11.1. The average Bonchev–Trinajstić information content (AvgIpc) is 2.65. The lowest BCUT2D eigenvalue weighted by atomic mass is 10.4. The highest BCUT2D eigenvalue weighted by atomic mass is 16.5. The molecular weight excluding hydrogens is 196 g/mol. The number of rotatable bonds is 4. The molecule has 1 rings (SSSR count). The fourth-order valence-electron chi connectivity index (χ4n) is 1.04. The van der Waals surface area contributed by atoms with Gasteiger partial charge in [0.1, 0.15) is 0 Å². The van der Waals surface area contributed by atoms with Crippen molar-refractivity contribution in [3.63, 3.8) is 0 Å². The van der Waals surface area contributed by atoms with E-state index in [2.05, 4.69) is 5.10 Å². The Morgan fingerprint density at radius 1 is 1.60 bits per heavy atom. The summed E-state index contributed by atoms with van der Waals surface area (Å²) in [6.07, 6.45) is 2.69. The molecule has 15 heavy (non-hydrogen) atoms. The molecule has 1 amide bonds. The fraction of sp³-hybridized carbons (Fsp3) is 0.556. The molecule has 0 spiro atoms. The molecule has 0 bridgehead atoms. The number of hydrazine groups is 1. The molecule has 0 saturated heterocycles. The van der Waals surface area contributed by atoms with Crippen molar-refractivity contribution in [3.8, 4) is 5.75 Å². The van der Waals surface area contributed by atoms with Crippen LogP contribution in [0.1, 0.15) is 26.8 Å². The SMILES string of the molecule is CC(Oc1cnn(C(C)C)c1)C(=O)NN. The molecule has 6 heteroatoms. The van der Waals surface area contributed by atoms with Crippen molar-refractivity contribution in [1.82, 2.24) is 15.2 Å². The van der Waals surface area contributed by atoms with Crippen LogP contribution in [0, 0.1) is 0 Å². The first-order chi connectivity index (χ1) is 7.04. The summed E-state index contributed by atoms with van der Waals surface area (Å²) >= 11 is 0. The lowest BCUT2D eigenvalue weighted by Gasteiger charge is -2.10. The normalized spacial score (nSPS) is 12.6. The third-order valence-corrected chi connectivity index (χ3v) is 1.93. The van der Waals surface area contributed by atoms with E-state index < -0.39 is 6.10 Å². The van der Waals surface area contributed by atoms with Gasteiger partial charge >= 0.3 is 0 Å². The van der Waals surface area contributed by atoms with Crippen molar-refractivity contribution < 1.29 is 9.53 Å². The van der Waals surface area contributed by atoms with Crippen LogP contribution < -0.4 is 16.0 Å². The largest absolute Gasteiger partial charge is 0.478 e. The van der Waals surface area contributed by atoms with E-state index in [0.717, 1.165) is 0 Å². The Labute approximate surface area is 88.4 Å². The second kappa shape index (κ2) is 4.79. The standard InChI is InChI=1S/C9H16N4O2/c1-6(2)13-5-8(4-11-13)15-7(3)9(14)12-10/h4-7H,10H2,1-3H3,(H,12,14). The number of nitrogens with two attached hydrogens (primary N) is 1. The van der Waals surface area contributed by atoms with Crippen LogP contribution in [0.3, 0.4) is 0 Å². The molecule has 0 aliphatic carbocycles. The highest BCUT2D eigenvalue weighted by Gasteiger charge is 2.14. The summed E-state index contributed by atoms with van der Waals surface area (Å²) < 4.78 is 7.07. The minimum absolute atomic E-state index is 0.265. The van der Waals surface area contributed by atoms with Gasteiger partial charge in [-0.15, -0.1) is 0 Å². The Balaban J connectivity index is 2.61. The molecule has 1 unspecified atom stereocenters. The number of hydrogen-bond donors (Lipinski definition) is 2. The van der Waals surface area contributed by atoms with Gasteiger partial charge in [0.05, 0.1) is 12.4 Å². The van der Waals surface area contributed by atoms with Crippen LogP contribution in [0.2, 0.25) is 0 Å². The summed E-state index contributed by atoms with van der Waals surface area (Å²) in [5.41, 5.74) is 2.02. The van der Waals surface area contributed by atoms with Crippen LogP contribution in [-0.4, -0.2) is 21.8 Å². The Morgan fingerprint density at radius 3 is 2.73 bits per heavy atom. The maximum atomic E-state index is 11.1. The molecule has 0 saturated carbocycles. The summed E-state index contributed by atoms with van der Waals surface area (Å²) in [5.74, 6) is 5.17. The summed E-state index contributed by atoms with van der Waals surface area (Å²) in [6, 6.07) is 0.265. The highest BCUT2D eigenvalue weighted by Crippen LogP contribution is 2.13. The Morgan fingerprint density at radius 2 is 2.27 bits per heavy atom. The molecular formula is C9H16N4O2. The monoisotopic (exact) mass is 212 g/mol. The summed E-state index contributed by atoms with van der Waals surface area (Å²) in [6.45, 7) is 5.63. The maximum Gasteiger partial charge on any atom is 0.274 e. The zero-order chi connectivity index (χ0) is 11.4. The first kappa shape index (κ1) is 11.5. The molecule has 0 aromatic carbocycles. The number of amides is 1. The number of ether oxygens (including phenoxy) is 1. The van der Waals surface area contributed by atoms with Crippen LogP contribution in [0.4, 0.5) is 0 Å². The second-order valence-corrected chi connectivity index (χ2v) is 3.52. The van der Waals surface area contributed by atoms with Gasteiger partial charge in [-0.25, -0.2) is 5.84 Å². The molecule has 1 aromatic heterocycles. The minimum Gasteiger partial charge on any atom is -0.478 e. The molecule has 0 radical (unpaired) electrons. The van der Waals surface area contributed by atoms with Crippen LogP contribution >= 0.6 is 0 Å². The van der Waals surface area contributed by atoms with E-state index in [0.29, 0.717) is 5.75 Å². The van der Waals surface area contributed by atoms with Gasteiger partial charge in [-0.3, -0.25) is 14.9 Å². The predicted octanol–water partition coefficient (Wildman–Crippen LogP) is 0.221. The number of aromatic nitrogens is 2. The van der Waals surface area contributed by atoms with Crippen molar-refractivity contribution in [2.45, 2.75) is 32.9 Å². The molecule has 0 fully saturated rings. The predicted molar refractivity (Wildman–Crippen MR) is 55.0 cm³/mol. The van der Waals surface area contributed by atoms with E-state index in [1.807, 2.05) is 19.3 Å². The summed E-state index contributed by atoms with van der Waals surface area (Å²) in [5, 5.41) is 4.08. The highest BCUT2D eigenvalue weighted by molar-refractivity contribution is 5.79. The zero-order valence-electron chi connectivity index (χ0n) is 9.10. The number of hydrogen-bond acceptors (Lipinski definition) is 4. The van der Waals surface area contributed by atoms with E-state index in [-0.39, 0.29) is 11.9 Å². The third-order valence-electron chi connectivity index (χ3n) is 1.93. The molecule has 1 aromatic rings. The first-order valence-electron chi connectivity index (χ1n) is 4.76. The number of nitrogens with one attached hydrogen (secondary N) is 1. The maximum absolute atomic E-state index is 11.1. The van der Waals surface area contributed by atoms with Gasteiger partial charge in [0.2, 0.25) is 0 Å². The lowest BCUT2D eigenvalue weighted by molar-refractivity contribution is -0.127. The third kappa shape index (κ3) is 2.95. The van der Waals surface area contributed by atoms with Crippen molar-refractivity contribution in [2.24, 2.45) is 5.84 Å². The molecule has 3 N–H and O–H groups in total. The quantitative estimate of drug-likeness (QED) is 0.425. The Bertz CT molecular complexity index is 335. The van der Waals surface area contributed by atoms with Gasteiger partial charge in [-0.05, 0) is 20.8 Å². The van der Waals surface area contributed by atoms with Crippen LogP contribution in [0.5, 0.6) is 5.75 Å².